The second-order valence-electron chi connectivity index (χ2n) is 40.8. The van der Waals surface area contributed by atoms with E-state index in [0.29, 0.717) is 26.2 Å². The van der Waals surface area contributed by atoms with Crippen LogP contribution in [-0.4, -0.2) is 27.2 Å². The molecule has 17 rings (SSSR count). The van der Waals surface area contributed by atoms with Gasteiger partial charge in [0.1, 0.15) is 46.0 Å². The van der Waals surface area contributed by atoms with Crippen LogP contribution in [0.15, 0.2) is 284 Å². The summed E-state index contributed by atoms with van der Waals surface area (Å²) < 4.78 is 61.7. The van der Waals surface area contributed by atoms with E-state index in [2.05, 4.69) is 142 Å². The van der Waals surface area contributed by atoms with Gasteiger partial charge >= 0.3 is 0 Å². The molecule has 0 amide bonds. The Morgan fingerprint density at radius 2 is 0.331 bits per heavy atom. The predicted molar refractivity (Wildman–Crippen MR) is 603 cm³/mol. The summed E-state index contributed by atoms with van der Waals surface area (Å²) in [6.07, 6.45) is 45.5. The summed E-state index contributed by atoms with van der Waals surface area (Å²) in [5, 5.41) is 53.5. The molecule has 12 aromatic rings. The van der Waals surface area contributed by atoms with E-state index in [0.717, 1.165) is 284 Å². The van der Waals surface area contributed by atoms with E-state index < -0.39 is 0 Å². The third-order valence-corrected chi connectivity index (χ3v) is 30.0. The second kappa shape index (κ2) is 57.3. The first-order valence-corrected chi connectivity index (χ1v) is 56.4. The molecule has 1 aliphatic carbocycles. The first-order valence-electron chi connectivity index (χ1n) is 56.4. The summed E-state index contributed by atoms with van der Waals surface area (Å²) in [4.78, 5) is 0. The van der Waals surface area contributed by atoms with Crippen molar-refractivity contribution < 1.29 is 37.9 Å². The third kappa shape index (κ3) is 29.6. The van der Waals surface area contributed by atoms with Gasteiger partial charge in [0.15, 0.2) is 0 Å². The molecule has 0 saturated heterocycles. The Morgan fingerprint density at radius 3 is 0.493 bits per heavy atom. The van der Waals surface area contributed by atoms with Crippen molar-refractivity contribution in [2.75, 3.05) is 48.4 Å². The molecule has 4 aliphatic heterocycles. The average Bonchev–Trinajstić information content (AvgIpc) is 0.717. The maximum atomic E-state index is 7.71. The Hall–Kier alpha value is -13.4. The van der Waals surface area contributed by atoms with Crippen LogP contribution in [0.3, 0.4) is 0 Å². The lowest BCUT2D eigenvalue weighted by Crippen LogP contribution is -2.26. The van der Waals surface area contributed by atoms with Crippen molar-refractivity contribution >= 4 is 68.2 Å². The molecule has 20 nitrogen and oxygen atoms in total. The molecule has 0 radical (unpaired) electrons. The number of nitrogens with one attached hydrogen (secondary N) is 4. The predicted octanol–water partition coefficient (Wildman–Crippen LogP) is 39.2. The highest BCUT2D eigenvalue weighted by molar-refractivity contribution is 5.72. The van der Waals surface area contributed by atoms with Gasteiger partial charge in [-0.25, -0.2) is 0 Å². The number of benzene rings is 12. The van der Waals surface area contributed by atoms with Gasteiger partial charge in [0.05, 0.1) is 67.8 Å². The van der Waals surface area contributed by atoms with Crippen LogP contribution in [0.2, 0.25) is 0 Å². The monoisotopic (exact) mass is 1990 g/mol. The summed E-state index contributed by atoms with van der Waals surface area (Å²) in [6, 6.07) is 83.0. The van der Waals surface area contributed by atoms with Crippen molar-refractivity contribution in [1.82, 2.24) is 0 Å². The molecule has 0 fully saturated rings. The number of rotatable bonds is 60. The summed E-state index contributed by atoms with van der Waals surface area (Å²) in [5.74, 6) is 4.78. The van der Waals surface area contributed by atoms with E-state index in [4.69, 9.17) is 58.4 Å². The van der Waals surface area contributed by atoms with E-state index in [-0.39, 0.29) is 50.8 Å². The maximum absolute atomic E-state index is 7.71. The summed E-state index contributed by atoms with van der Waals surface area (Å²) in [6.45, 7) is 10.1. The summed E-state index contributed by atoms with van der Waals surface area (Å²) in [7, 11) is 0. The molecular formula is C128H156N12O8. The molecule has 4 heterocycles. The smallest absolute Gasteiger partial charge is 0.230 e. The SMILES string of the molecule is CCCCCCCCCCCC1c2cc3c4c(CNc5ccc(N=Nc6ccccc6)cc5)c2OCOc2c1cc1c(c2CNc2ccc(N=Nc5ccccc5)cc2)OCOc2c(cc5c(c2CNc2ccc(N=Nc6ccccc6)cc2)OCOc2c(cc(c(c2CNc2ccc(N=Nc6ccccc6)cc2)OCO4)C3CCCCCCCCCCC)C5CCCCCCCCCCC)C1CCCCCCCCCCC. The van der Waals surface area contributed by atoms with Gasteiger partial charge in [-0.2, -0.15) is 40.9 Å². The lowest BCUT2D eigenvalue weighted by Gasteiger charge is -2.38. The molecule has 20 heteroatoms. The van der Waals surface area contributed by atoms with Crippen LogP contribution in [0.25, 0.3) is 0 Å². The van der Waals surface area contributed by atoms with E-state index in [1.54, 1.807) is 0 Å². The summed E-state index contributed by atoms with van der Waals surface area (Å²) >= 11 is 0. The van der Waals surface area contributed by atoms with Gasteiger partial charge < -0.3 is 59.2 Å². The quantitative estimate of drug-likeness (QED) is 0.0207. The van der Waals surface area contributed by atoms with Crippen molar-refractivity contribution in [3.8, 4) is 46.0 Å². The van der Waals surface area contributed by atoms with Crippen molar-refractivity contribution in [1.29, 1.82) is 0 Å². The zero-order valence-electron chi connectivity index (χ0n) is 88.2. The molecule has 0 unspecified atom stereocenters. The molecule has 0 aromatic heterocycles. The van der Waals surface area contributed by atoms with Crippen molar-refractivity contribution in [3.63, 3.8) is 0 Å². The molecule has 8 bridgehead atoms. The largest absolute Gasteiger partial charge is 0.457 e. The minimum Gasteiger partial charge on any atom is -0.457 e. The van der Waals surface area contributed by atoms with Gasteiger partial charge in [-0.1, -0.05) is 332 Å². The standard InChI is InChI=1S/C128H156N12O8/c1-5-9-13-17-21-25-29-33-49-61-105-109-81-111-106(62-50-34-30-26-22-18-14-10-6-2)113-83-115-108(64-52-36-32-28-24-20-16-12-8-4)116-84-114-107(63-51-35-31-27-23-19-15-11-7-3)112-82-110(105)122-118(86-130-94-67-75-102(76-68-94)138-134-98-55-43-38-44-56-98)124(112)144-91-146-126(114)120(88-132-96-71-79-104(80-72-96)140-136-100-59-47-40-48-60-100)128(116)148-92-147-127(115)119(87-131-95-69-77-103(78-70-95)139-135-99-57-45-39-46-58-99)125(113)145-90-143-123(111)117(121(109)141-89-142-122)85-129-93-65-73-101(74-66-93)137-133-97-53-41-37-42-54-97/h37-48,53-60,65-84,105-108,129-132H,5-36,49-52,61-64,85-92H2,1-4H3. The minimum absolute atomic E-state index is 0.126. The van der Waals surface area contributed by atoms with Crippen molar-refractivity contribution in [2.24, 2.45) is 40.9 Å². The van der Waals surface area contributed by atoms with Crippen LogP contribution in [0, 0.1) is 0 Å². The number of azo groups is 4. The molecule has 5 aliphatic rings. The highest BCUT2D eigenvalue weighted by Gasteiger charge is 2.43. The van der Waals surface area contributed by atoms with E-state index in [9.17, 15) is 0 Å². The van der Waals surface area contributed by atoms with Gasteiger partial charge in [-0.3, -0.25) is 0 Å². The molecule has 0 spiro atoms. The number of anilines is 4. The molecule has 0 saturated carbocycles. The molecule has 776 valence electrons. The van der Waals surface area contributed by atoms with Crippen LogP contribution in [0.5, 0.6) is 46.0 Å². The number of hydrogen-bond donors (Lipinski definition) is 4. The van der Waals surface area contributed by atoms with E-state index in [1.807, 2.05) is 170 Å². The first kappa shape index (κ1) is 106. The Morgan fingerprint density at radius 1 is 0.182 bits per heavy atom. The molecule has 4 N–H and O–H groups in total. The van der Waals surface area contributed by atoms with Crippen LogP contribution in [0.1, 0.15) is 375 Å². The highest BCUT2D eigenvalue weighted by Crippen LogP contribution is 2.60. The second-order valence-corrected chi connectivity index (χ2v) is 40.8. The molecule has 0 atom stereocenters. The number of hydrogen-bond acceptors (Lipinski definition) is 20. The van der Waals surface area contributed by atoms with Gasteiger partial charge in [-0.15, -0.1) is 0 Å². The van der Waals surface area contributed by atoms with E-state index in [1.165, 1.54) is 154 Å². The Labute approximate surface area is 879 Å². The fourth-order valence-electron chi connectivity index (χ4n) is 22.0. The Kier molecular flexibility index (Phi) is 41.0. The van der Waals surface area contributed by atoms with Gasteiger partial charge in [0.2, 0.25) is 27.2 Å². The van der Waals surface area contributed by atoms with Crippen LogP contribution >= 0.6 is 0 Å². The molecule has 148 heavy (non-hydrogen) atoms. The van der Waals surface area contributed by atoms with E-state index >= 15 is 0 Å². The van der Waals surface area contributed by atoms with Crippen LogP contribution in [0.4, 0.5) is 68.2 Å². The minimum atomic E-state index is -0.302. The zero-order chi connectivity index (χ0) is 101. The topological polar surface area (TPSA) is 221 Å². The fourth-order valence-corrected chi connectivity index (χ4v) is 22.0. The zero-order valence-corrected chi connectivity index (χ0v) is 88.2. The number of nitrogens with zero attached hydrogens (tertiary/aromatic N) is 8. The van der Waals surface area contributed by atoms with Crippen molar-refractivity contribution in [2.45, 2.75) is 334 Å². The van der Waals surface area contributed by atoms with Crippen LogP contribution < -0.4 is 59.2 Å². The Balaban J connectivity index is 0.919. The highest BCUT2D eigenvalue weighted by atomic mass is 16.7. The van der Waals surface area contributed by atoms with Crippen molar-refractivity contribution in [3.05, 3.63) is 309 Å². The van der Waals surface area contributed by atoms with Gasteiger partial charge in [-0.05, 0) is 196 Å². The molecular weight excluding hydrogens is 1830 g/mol. The lowest BCUT2D eigenvalue weighted by molar-refractivity contribution is 0.0947. The van der Waals surface area contributed by atoms with Crippen LogP contribution in [-0.2, 0) is 26.2 Å². The van der Waals surface area contributed by atoms with Gasteiger partial charge in [0, 0.05) is 117 Å². The maximum Gasteiger partial charge on any atom is 0.230 e. The fraction of sp³-hybridized carbons (Fsp3) is 0.438. The normalized spacial score (nSPS) is 15.2. The summed E-state index contributed by atoms with van der Waals surface area (Å²) in [5.41, 5.74) is 22.2. The average molecular weight is 1990 g/mol. The third-order valence-electron chi connectivity index (χ3n) is 30.0. The lowest BCUT2D eigenvalue weighted by atomic mass is 9.74. The first-order chi connectivity index (χ1) is 73.3. The number of unbranched alkanes of at least 4 members (excludes halogenated alkanes) is 32. The molecule has 12 aromatic carbocycles. The number of ether oxygens (including phenoxy) is 8. The van der Waals surface area contributed by atoms with Gasteiger partial charge in [0.25, 0.3) is 0 Å². The Bertz CT molecular complexity index is 5330.